The van der Waals surface area contributed by atoms with Crippen LogP contribution in [-0.2, 0) is 0 Å². The first-order valence-corrected chi connectivity index (χ1v) is 3.96. The van der Waals surface area contributed by atoms with Crippen molar-refractivity contribution in [1.29, 1.82) is 0 Å². The highest BCUT2D eigenvalue weighted by Crippen LogP contribution is 2.16. The quantitative estimate of drug-likeness (QED) is 0.729. The van der Waals surface area contributed by atoms with E-state index in [0.29, 0.717) is 0 Å². The van der Waals surface area contributed by atoms with Gasteiger partial charge in [0.25, 0.3) is 0 Å². The van der Waals surface area contributed by atoms with E-state index < -0.39 is 12.1 Å². The topological polar surface area (TPSA) is 59.4 Å². The fourth-order valence-corrected chi connectivity index (χ4v) is 0.871. The van der Waals surface area contributed by atoms with Gasteiger partial charge in [0.2, 0.25) is 0 Å². The Morgan fingerprint density at radius 1 is 1.79 bits per heavy atom. The molecule has 0 radical (unpaired) electrons. The normalized spacial score (nSPS) is 11.4. The molecule has 0 saturated heterocycles. The summed E-state index contributed by atoms with van der Waals surface area (Å²) in [6.45, 7) is 1.65. The molecule has 0 fully saturated rings. The molecule has 0 aliphatic carbocycles. The molecule has 0 amide bonds. The van der Waals surface area contributed by atoms with Crippen molar-refractivity contribution >= 4 is 5.97 Å². The van der Waals surface area contributed by atoms with Crippen LogP contribution in [0.2, 0.25) is 0 Å². The van der Waals surface area contributed by atoms with E-state index in [1.807, 2.05) is 0 Å². The SMILES string of the molecule is C#CC(C)Oc1cccnc1C(=O)O. The van der Waals surface area contributed by atoms with Crippen LogP contribution in [0.25, 0.3) is 0 Å². The lowest BCUT2D eigenvalue weighted by atomic mass is 10.3. The maximum absolute atomic E-state index is 10.7. The van der Waals surface area contributed by atoms with Gasteiger partial charge in [0.05, 0.1) is 0 Å². The van der Waals surface area contributed by atoms with Crippen LogP contribution in [0.1, 0.15) is 17.4 Å². The summed E-state index contributed by atoms with van der Waals surface area (Å²) in [7, 11) is 0. The van der Waals surface area contributed by atoms with E-state index in [1.54, 1.807) is 13.0 Å². The summed E-state index contributed by atoms with van der Waals surface area (Å²) in [5, 5.41) is 8.76. The lowest BCUT2D eigenvalue weighted by Gasteiger charge is -2.09. The zero-order chi connectivity index (χ0) is 10.6. The van der Waals surface area contributed by atoms with E-state index >= 15 is 0 Å². The number of carbonyl (C=O) groups is 1. The van der Waals surface area contributed by atoms with Crippen molar-refractivity contribution in [2.24, 2.45) is 0 Å². The maximum Gasteiger partial charge on any atom is 0.358 e. The Morgan fingerprint density at radius 3 is 3.07 bits per heavy atom. The summed E-state index contributed by atoms with van der Waals surface area (Å²) >= 11 is 0. The maximum atomic E-state index is 10.7. The molecule has 0 bridgehead atoms. The molecule has 0 aliphatic heterocycles. The molecule has 1 unspecified atom stereocenters. The second-order valence-electron chi connectivity index (χ2n) is 2.58. The third-order valence-electron chi connectivity index (χ3n) is 1.51. The van der Waals surface area contributed by atoms with Gasteiger partial charge >= 0.3 is 5.97 Å². The number of aromatic nitrogens is 1. The smallest absolute Gasteiger partial charge is 0.358 e. The zero-order valence-electron chi connectivity index (χ0n) is 7.60. The summed E-state index contributed by atoms with van der Waals surface area (Å²) in [4.78, 5) is 14.4. The molecule has 0 saturated carbocycles. The number of ether oxygens (including phenoxy) is 1. The first-order valence-electron chi connectivity index (χ1n) is 3.96. The summed E-state index contributed by atoms with van der Waals surface area (Å²) in [5.74, 6) is 1.39. The molecule has 72 valence electrons. The number of hydrogen-bond donors (Lipinski definition) is 1. The Balaban J connectivity index is 2.97. The fraction of sp³-hybridized carbons (Fsp3) is 0.200. The van der Waals surface area contributed by atoms with Crippen LogP contribution >= 0.6 is 0 Å². The van der Waals surface area contributed by atoms with Crippen molar-refractivity contribution in [1.82, 2.24) is 4.98 Å². The predicted octanol–water partition coefficient (Wildman–Crippen LogP) is 1.18. The first kappa shape index (κ1) is 10.1. The van der Waals surface area contributed by atoms with Gasteiger partial charge in [0.1, 0.15) is 0 Å². The van der Waals surface area contributed by atoms with E-state index in [-0.39, 0.29) is 11.4 Å². The fourth-order valence-electron chi connectivity index (χ4n) is 0.871. The molecule has 0 aliphatic rings. The Morgan fingerprint density at radius 2 is 2.50 bits per heavy atom. The number of pyridine rings is 1. The summed E-state index contributed by atoms with van der Waals surface area (Å²) in [6, 6.07) is 3.11. The lowest BCUT2D eigenvalue weighted by Crippen LogP contribution is -2.12. The minimum absolute atomic E-state index is 0.130. The van der Waals surface area contributed by atoms with Crippen LogP contribution < -0.4 is 4.74 Å². The molecule has 1 rings (SSSR count). The molecule has 0 aromatic carbocycles. The lowest BCUT2D eigenvalue weighted by molar-refractivity contribution is 0.0684. The van der Waals surface area contributed by atoms with E-state index in [2.05, 4.69) is 10.9 Å². The van der Waals surface area contributed by atoms with Crippen molar-refractivity contribution in [3.05, 3.63) is 24.0 Å². The van der Waals surface area contributed by atoms with E-state index in [9.17, 15) is 4.79 Å². The molecular weight excluding hydrogens is 182 g/mol. The average molecular weight is 191 g/mol. The van der Waals surface area contributed by atoms with Crippen molar-refractivity contribution in [2.45, 2.75) is 13.0 Å². The van der Waals surface area contributed by atoms with Crippen molar-refractivity contribution < 1.29 is 14.6 Å². The van der Waals surface area contributed by atoms with Gasteiger partial charge in [-0.3, -0.25) is 0 Å². The van der Waals surface area contributed by atoms with Crippen LogP contribution in [-0.4, -0.2) is 22.2 Å². The second-order valence-corrected chi connectivity index (χ2v) is 2.58. The zero-order valence-corrected chi connectivity index (χ0v) is 7.60. The third-order valence-corrected chi connectivity index (χ3v) is 1.51. The Bertz CT molecular complexity index is 381. The third kappa shape index (κ3) is 2.23. The number of carboxylic acids is 1. The highest BCUT2D eigenvalue weighted by Gasteiger charge is 2.13. The summed E-state index contributed by atoms with van der Waals surface area (Å²) in [6.07, 6.45) is 6.01. The van der Waals surface area contributed by atoms with E-state index in [0.717, 1.165) is 0 Å². The monoisotopic (exact) mass is 191 g/mol. The standard InChI is InChI=1S/C10H9NO3/c1-3-7(2)14-8-5-4-6-11-9(8)10(12)13/h1,4-7H,2H3,(H,12,13). The number of nitrogens with zero attached hydrogens (tertiary/aromatic N) is 1. The molecule has 4 heteroatoms. The van der Waals surface area contributed by atoms with Gasteiger partial charge in [-0.2, -0.15) is 0 Å². The molecule has 1 aromatic rings. The summed E-state index contributed by atoms with van der Waals surface area (Å²) in [5.41, 5.74) is -0.130. The van der Waals surface area contributed by atoms with E-state index in [4.69, 9.17) is 16.3 Å². The van der Waals surface area contributed by atoms with Gasteiger partial charge < -0.3 is 9.84 Å². The minimum atomic E-state index is -1.13. The average Bonchev–Trinajstić information content (AvgIpc) is 2.18. The number of aromatic carboxylic acids is 1. The first-order chi connectivity index (χ1) is 6.65. The van der Waals surface area contributed by atoms with Crippen LogP contribution in [0.15, 0.2) is 18.3 Å². The van der Waals surface area contributed by atoms with Crippen molar-refractivity contribution in [3.8, 4) is 18.1 Å². The highest BCUT2D eigenvalue weighted by atomic mass is 16.5. The molecule has 1 atom stereocenters. The van der Waals surface area contributed by atoms with Crippen LogP contribution in [0.4, 0.5) is 0 Å². The molecule has 4 nitrogen and oxygen atoms in total. The molecule has 1 heterocycles. The summed E-state index contributed by atoms with van der Waals surface area (Å²) < 4.78 is 5.18. The van der Waals surface area contributed by atoms with Gasteiger partial charge in [-0.15, -0.1) is 6.42 Å². The van der Waals surface area contributed by atoms with Crippen LogP contribution in [0, 0.1) is 12.3 Å². The van der Waals surface area contributed by atoms with E-state index in [1.165, 1.54) is 12.3 Å². The molecule has 14 heavy (non-hydrogen) atoms. The van der Waals surface area contributed by atoms with Gasteiger partial charge in [0, 0.05) is 6.20 Å². The number of carboxylic acid groups (broad SMARTS) is 1. The van der Waals surface area contributed by atoms with Gasteiger partial charge in [-0.1, -0.05) is 5.92 Å². The van der Waals surface area contributed by atoms with Crippen molar-refractivity contribution in [2.75, 3.05) is 0 Å². The van der Waals surface area contributed by atoms with Crippen LogP contribution in [0.3, 0.4) is 0 Å². The minimum Gasteiger partial charge on any atom is -0.476 e. The second kappa shape index (κ2) is 4.28. The van der Waals surface area contributed by atoms with Gasteiger partial charge in [-0.25, -0.2) is 9.78 Å². The van der Waals surface area contributed by atoms with Crippen molar-refractivity contribution in [3.63, 3.8) is 0 Å². The Labute approximate surface area is 81.5 Å². The molecule has 0 spiro atoms. The number of hydrogen-bond acceptors (Lipinski definition) is 3. The predicted molar refractivity (Wildman–Crippen MR) is 50.1 cm³/mol. The van der Waals surface area contributed by atoms with Gasteiger partial charge in [-0.05, 0) is 19.1 Å². The largest absolute Gasteiger partial charge is 0.476 e. The van der Waals surface area contributed by atoms with Gasteiger partial charge in [0.15, 0.2) is 17.5 Å². The molecule has 1 N–H and O–H groups in total. The molecule has 1 aromatic heterocycles. The Hall–Kier alpha value is -2.02. The number of terminal acetylenes is 1. The highest BCUT2D eigenvalue weighted by molar-refractivity contribution is 5.88. The Kier molecular flexibility index (Phi) is 3.08. The molecular formula is C10H9NO3. The van der Waals surface area contributed by atoms with Crippen LogP contribution in [0.5, 0.6) is 5.75 Å². The number of rotatable bonds is 3.